The molecule has 1 aliphatic carbocycles. The molecule has 0 spiro atoms. The van der Waals surface area contributed by atoms with Crippen molar-refractivity contribution in [3.05, 3.63) is 63.1 Å². The van der Waals surface area contributed by atoms with E-state index in [9.17, 15) is 23.1 Å². The lowest BCUT2D eigenvalue weighted by atomic mass is 9.75. The normalized spacial score (nSPS) is 22.6. The minimum Gasteiger partial charge on any atom is -0.387 e. The van der Waals surface area contributed by atoms with Crippen LogP contribution in [0.25, 0.3) is 0 Å². The molecular weight excluding hydrogens is 440 g/mol. The predicted molar refractivity (Wildman–Crippen MR) is 109 cm³/mol. The van der Waals surface area contributed by atoms with Crippen molar-refractivity contribution < 1.29 is 23.1 Å². The first-order valence-electron chi connectivity index (χ1n) is 9.46. The van der Waals surface area contributed by atoms with Crippen molar-refractivity contribution in [3.8, 4) is 0 Å². The first-order chi connectivity index (χ1) is 14.2. The van der Waals surface area contributed by atoms with E-state index in [0.29, 0.717) is 0 Å². The number of likely N-dealkylation sites (N-methyl/N-ethyl adjacent to an activating group) is 1. The number of alkyl halides is 2. The van der Waals surface area contributed by atoms with Crippen LogP contribution in [-0.2, 0) is 6.67 Å². The van der Waals surface area contributed by atoms with Gasteiger partial charge in [0.25, 0.3) is 5.91 Å². The fourth-order valence-corrected chi connectivity index (χ4v) is 4.44. The van der Waals surface area contributed by atoms with Crippen LogP contribution in [-0.4, -0.2) is 39.7 Å². The Bertz CT molecular complexity index is 936. The van der Waals surface area contributed by atoms with Gasteiger partial charge in [-0.25, -0.2) is 18.2 Å². The monoisotopic (exact) mass is 460 g/mol. The molecule has 162 valence electrons. The van der Waals surface area contributed by atoms with Crippen molar-refractivity contribution in [2.45, 2.75) is 50.2 Å². The molecule has 0 saturated heterocycles. The lowest BCUT2D eigenvalue weighted by Crippen LogP contribution is -2.49. The van der Waals surface area contributed by atoms with Gasteiger partial charge in [0.2, 0.25) is 0 Å². The summed E-state index contributed by atoms with van der Waals surface area (Å²) in [5.41, 5.74) is -1.46. The molecule has 3 rings (SSSR count). The quantitative estimate of drug-likeness (QED) is 0.644. The standard InChI is InChI=1S/C21H21Cl2F3N2O2/c1-28(20(29)18-16(22)12(11-24)7-10-27-18)19(14-3-2-4-15(26)17(14)23)21(30)8-5-13(25)6-9-21/h2-4,7,10,13,19,30H,5-6,8-9,11H2,1H3/t13-,19?,21+. The highest BCUT2D eigenvalue weighted by Crippen LogP contribution is 2.45. The number of amides is 1. The van der Waals surface area contributed by atoms with Gasteiger partial charge in [-0.05, 0) is 43.4 Å². The Balaban J connectivity index is 2.08. The molecule has 1 unspecified atom stereocenters. The third kappa shape index (κ3) is 4.29. The van der Waals surface area contributed by atoms with Gasteiger partial charge in [-0.15, -0.1) is 0 Å². The van der Waals surface area contributed by atoms with Crippen LogP contribution in [0.5, 0.6) is 0 Å². The number of aromatic nitrogens is 1. The summed E-state index contributed by atoms with van der Waals surface area (Å²) in [7, 11) is 1.40. The Kier molecular flexibility index (Phi) is 6.95. The maximum atomic E-state index is 14.2. The lowest BCUT2D eigenvalue weighted by molar-refractivity contribution is -0.0722. The Labute approximate surface area is 182 Å². The van der Waals surface area contributed by atoms with E-state index < -0.39 is 36.2 Å². The van der Waals surface area contributed by atoms with Gasteiger partial charge in [-0.3, -0.25) is 4.79 Å². The summed E-state index contributed by atoms with van der Waals surface area (Å²) < 4.78 is 41.1. The number of rotatable bonds is 5. The number of aliphatic hydroxyl groups is 1. The molecule has 4 nitrogen and oxygen atoms in total. The molecule has 0 radical (unpaired) electrons. The SMILES string of the molecule is CN(C(=O)c1nccc(CF)c1Cl)C(c1cccc(F)c1Cl)[C@]1(O)CC[C@@H](F)CC1. The highest BCUT2D eigenvalue weighted by molar-refractivity contribution is 6.34. The number of hydrogen-bond acceptors (Lipinski definition) is 3. The van der Waals surface area contributed by atoms with Crippen LogP contribution in [0.2, 0.25) is 10.0 Å². The van der Waals surface area contributed by atoms with Crippen LogP contribution in [0.15, 0.2) is 30.5 Å². The van der Waals surface area contributed by atoms with Crippen LogP contribution in [0.4, 0.5) is 13.2 Å². The third-order valence-corrected chi connectivity index (χ3v) is 6.41. The summed E-state index contributed by atoms with van der Waals surface area (Å²) in [6.45, 7) is -0.883. The number of hydrogen-bond donors (Lipinski definition) is 1. The molecule has 2 aromatic rings. The van der Waals surface area contributed by atoms with Gasteiger partial charge in [0.1, 0.15) is 24.4 Å². The summed E-state index contributed by atoms with van der Waals surface area (Å²) >= 11 is 12.3. The Morgan fingerprint density at radius 1 is 1.30 bits per heavy atom. The molecule has 1 aliphatic rings. The van der Waals surface area contributed by atoms with Crippen LogP contribution in [0, 0.1) is 5.82 Å². The van der Waals surface area contributed by atoms with Crippen LogP contribution >= 0.6 is 23.2 Å². The number of carbonyl (C=O) groups is 1. The number of nitrogens with zero attached hydrogens (tertiary/aromatic N) is 2. The maximum absolute atomic E-state index is 14.2. The second-order valence-electron chi connectivity index (χ2n) is 7.51. The van der Waals surface area contributed by atoms with Crippen LogP contribution in [0.1, 0.15) is 53.3 Å². The average molecular weight is 461 g/mol. The van der Waals surface area contributed by atoms with Crippen molar-refractivity contribution in [3.63, 3.8) is 0 Å². The maximum Gasteiger partial charge on any atom is 0.274 e. The summed E-state index contributed by atoms with van der Waals surface area (Å²) in [6.07, 6.45) is 0.488. The molecular formula is C21H21Cl2F3N2O2. The van der Waals surface area contributed by atoms with Gasteiger partial charge in [0.05, 0.1) is 21.7 Å². The van der Waals surface area contributed by atoms with Crippen LogP contribution < -0.4 is 0 Å². The van der Waals surface area contributed by atoms with E-state index in [2.05, 4.69) is 4.98 Å². The van der Waals surface area contributed by atoms with Crippen molar-refractivity contribution in [2.24, 2.45) is 0 Å². The van der Waals surface area contributed by atoms with Gasteiger partial charge in [0.15, 0.2) is 0 Å². The smallest absolute Gasteiger partial charge is 0.274 e. The fraction of sp³-hybridized carbons (Fsp3) is 0.429. The molecule has 1 heterocycles. The first kappa shape index (κ1) is 22.8. The van der Waals surface area contributed by atoms with Crippen molar-refractivity contribution >= 4 is 29.1 Å². The molecule has 1 amide bonds. The van der Waals surface area contributed by atoms with Gasteiger partial charge < -0.3 is 10.0 Å². The Hall–Kier alpha value is -1.83. The summed E-state index contributed by atoms with van der Waals surface area (Å²) in [5.74, 6) is -1.41. The largest absolute Gasteiger partial charge is 0.387 e. The van der Waals surface area contributed by atoms with Gasteiger partial charge in [-0.1, -0.05) is 35.3 Å². The van der Waals surface area contributed by atoms with Crippen LogP contribution in [0.3, 0.4) is 0 Å². The molecule has 1 atom stereocenters. The zero-order valence-electron chi connectivity index (χ0n) is 16.2. The molecule has 30 heavy (non-hydrogen) atoms. The first-order valence-corrected chi connectivity index (χ1v) is 10.2. The Morgan fingerprint density at radius 2 is 1.97 bits per heavy atom. The molecule has 1 fully saturated rings. The zero-order chi connectivity index (χ0) is 22.1. The van der Waals surface area contributed by atoms with E-state index in [1.54, 1.807) is 0 Å². The van der Waals surface area contributed by atoms with E-state index >= 15 is 0 Å². The summed E-state index contributed by atoms with van der Waals surface area (Å²) in [6, 6.07) is 4.35. The summed E-state index contributed by atoms with van der Waals surface area (Å²) in [4.78, 5) is 18.4. The molecule has 1 aromatic carbocycles. The van der Waals surface area contributed by atoms with Crippen molar-refractivity contribution in [1.29, 1.82) is 0 Å². The number of carbonyl (C=O) groups excluding carboxylic acids is 1. The molecule has 1 aromatic heterocycles. The summed E-state index contributed by atoms with van der Waals surface area (Å²) in [5, 5.41) is 11.0. The van der Waals surface area contributed by atoms with E-state index in [1.807, 2.05) is 0 Å². The van der Waals surface area contributed by atoms with Gasteiger partial charge >= 0.3 is 0 Å². The minimum absolute atomic E-state index is 0.0506. The minimum atomic E-state index is -1.55. The highest BCUT2D eigenvalue weighted by atomic mass is 35.5. The van der Waals surface area contributed by atoms with Crippen molar-refractivity contribution in [2.75, 3.05) is 7.05 Å². The van der Waals surface area contributed by atoms with Gasteiger partial charge in [-0.2, -0.15) is 0 Å². The second kappa shape index (κ2) is 9.12. The molecule has 0 aliphatic heterocycles. The highest BCUT2D eigenvalue weighted by Gasteiger charge is 2.46. The van der Waals surface area contributed by atoms with E-state index in [1.165, 1.54) is 31.4 Å². The lowest BCUT2D eigenvalue weighted by Gasteiger charge is -2.44. The zero-order valence-corrected chi connectivity index (χ0v) is 17.7. The molecule has 0 bridgehead atoms. The average Bonchev–Trinajstić information content (AvgIpc) is 2.73. The van der Waals surface area contributed by atoms with E-state index in [-0.39, 0.29) is 52.5 Å². The number of benzene rings is 1. The van der Waals surface area contributed by atoms with E-state index in [4.69, 9.17) is 23.2 Å². The fourth-order valence-electron chi connectivity index (χ4n) is 3.97. The topological polar surface area (TPSA) is 53.4 Å². The third-order valence-electron chi connectivity index (χ3n) is 5.59. The predicted octanol–water partition coefficient (Wildman–Crippen LogP) is 5.45. The van der Waals surface area contributed by atoms with Crippen molar-refractivity contribution in [1.82, 2.24) is 9.88 Å². The van der Waals surface area contributed by atoms with E-state index in [0.717, 1.165) is 11.0 Å². The Morgan fingerprint density at radius 3 is 2.60 bits per heavy atom. The van der Waals surface area contributed by atoms with Gasteiger partial charge in [0, 0.05) is 18.8 Å². The molecule has 9 heteroatoms. The number of pyridine rings is 1. The number of halogens is 5. The molecule has 1 N–H and O–H groups in total. The second-order valence-corrected chi connectivity index (χ2v) is 8.26. The molecule has 1 saturated carbocycles.